The average molecular weight is 279 g/mol. The lowest BCUT2D eigenvalue weighted by Gasteiger charge is -2.32. The quantitative estimate of drug-likeness (QED) is 0.803. The zero-order valence-corrected chi connectivity index (χ0v) is 12.8. The van der Waals surface area contributed by atoms with Crippen LogP contribution in [0, 0.1) is 17.8 Å². The molecule has 1 saturated heterocycles. The third kappa shape index (κ3) is 2.61. The third-order valence-corrected chi connectivity index (χ3v) is 6.28. The zero-order chi connectivity index (χ0) is 14.1. The topological polar surface area (TPSA) is 40.5 Å². The Hall–Kier alpha value is -0.570. The van der Waals surface area contributed by atoms with Gasteiger partial charge in [0.2, 0.25) is 0 Å². The van der Waals surface area contributed by atoms with Gasteiger partial charge in [-0.15, -0.1) is 0 Å². The SMILES string of the molecule is CCC1CCCC(N2CC3CCCC3C2C(=O)O)CC1. The van der Waals surface area contributed by atoms with Crippen LogP contribution in [0.15, 0.2) is 0 Å². The Bertz CT molecular complexity index is 357. The van der Waals surface area contributed by atoms with Gasteiger partial charge in [0.1, 0.15) is 6.04 Å². The number of fused-ring (bicyclic) bond motifs is 1. The first-order chi connectivity index (χ1) is 9.70. The fraction of sp³-hybridized carbons (Fsp3) is 0.941. The van der Waals surface area contributed by atoms with Gasteiger partial charge in [-0.2, -0.15) is 0 Å². The summed E-state index contributed by atoms with van der Waals surface area (Å²) in [4.78, 5) is 14.2. The van der Waals surface area contributed by atoms with Gasteiger partial charge < -0.3 is 5.11 Å². The highest BCUT2D eigenvalue weighted by atomic mass is 16.4. The van der Waals surface area contributed by atoms with Gasteiger partial charge in [0.15, 0.2) is 0 Å². The van der Waals surface area contributed by atoms with E-state index < -0.39 is 5.97 Å². The van der Waals surface area contributed by atoms with E-state index in [4.69, 9.17) is 0 Å². The Balaban J connectivity index is 1.70. The predicted molar refractivity (Wildman–Crippen MR) is 79.6 cm³/mol. The van der Waals surface area contributed by atoms with Crippen LogP contribution in [0.3, 0.4) is 0 Å². The summed E-state index contributed by atoms with van der Waals surface area (Å²) in [5, 5.41) is 9.69. The molecule has 1 N–H and O–H groups in total. The van der Waals surface area contributed by atoms with Crippen molar-refractivity contribution in [1.82, 2.24) is 4.90 Å². The van der Waals surface area contributed by atoms with Crippen LogP contribution in [-0.2, 0) is 4.79 Å². The number of nitrogens with zero attached hydrogens (tertiary/aromatic N) is 1. The second-order valence-electron chi connectivity index (χ2n) is 7.27. The van der Waals surface area contributed by atoms with Gasteiger partial charge in [0, 0.05) is 12.6 Å². The van der Waals surface area contributed by atoms with Crippen LogP contribution >= 0.6 is 0 Å². The lowest BCUT2D eigenvalue weighted by atomic mass is 9.93. The molecule has 5 atom stereocenters. The Morgan fingerprint density at radius 1 is 1.10 bits per heavy atom. The molecule has 0 spiro atoms. The summed E-state index contributed by atoms with van der Waals surface area (Å²) in [6, 6.07) is 0.365. The minimum Gasteiger partial charge on any atom is -0.480 e. The van der Waals surface area contributed by atoms with Gasteiger partial charge in [-0.25, -0.2) is 0 Å². The zero-order valence-electron chi connectivity index (χ0n) is 12.8. The maximum atomic E-state index is 11.8. The van der Waals surface area contributed by atoms with E-state index in [0.717, 1.165) is 18.9 Å². The number of likely N-dealkylation sites (tertiary alicyclic amines) is 1. The molecule has 2 saturated carbocycles. The number of carboxylic acid groups (broad SMARTS) is 1. The third-order valence-electron chi connectivity index (χ3n) is 6.28. The van der Waals surface area contributed by atoms with Crippen LogP contribution in [0.1, 0.15) is 64.7 Å². The molecule has 3 heteroatoms. The van der Waals surface area contributed by atoms with Gasteiger partial charge in [0.05, 0.1) is 0 Å². The van der Waals surface area contributed by atoms with E-state index in [9.17, 15) is 9.90 Å². The molecule has 20 heavy (non-hydrogen) atoms. The molecule has 0 aromatic rings. The van der Waals surface area contributed by atoms with Crippen LogP contribution in [0.4, 0.5) is 0 Å². The number of carboxylic acids is 1. The van der Waals surface area contributed by atoms with Crippen LogP contribution < -0.4 is 0 Å². The molecule has 0 aromatic heterocycles. The van der Waals surface area contributed by atoms with Crippen molar-refractivity contribution in [2.75, 3.05) is 6.54 Å². The van der Waals surface area contributed by atoms with Crippen molar-refractivity contribution in [1.29, 1.82) is 0 Å². The van der Waals surface area contributed by atoms with Crippen molar-refractivity contribution >= 4 is 5.97 Å². The predicted octanol–water partition coefficient (Wildman–Crippen LogP) is 3.53. The molecule has 3 fully saturated rings. The van der Waals surface area contributed by atoms with Crippen molar-refractivity contribution in [3.8, 4) is 0 Å². The lowest BCUT2D eigenvalue weighted by molar-refractivity contribution is -0.144. The van der Waals surface area contributed by atoms with Gasteiger partial charge in [-0.1, -0.05) is 32.6 Å². The van der Waals surface area contributed by atoms with Crippen molar-refractivity contribution < 1.29 is 9.90 Å². The van der Waals surface area contributed by atoms with Gasteiger partial charge in [-0.3, -0.25) is 9.69 Å². The van der Waals surface area contributed by atoms with Crippen LogP contribution in [0.5, 0.6) is 0 Å². The Kier molecular flexibility index (Phi) is 4.34. The second-order valence-corrected chi connectivity index (χ2v) is 7.27. The van der Waals surface area contributed by atoms with E-state index in [1.165, 1.54) is 51.4 Å². The van der Waals surface area contributed by atoms with E-state index in [-0.39, 0.29) is 6.04 Å². The number of aliphatic carboxylic acids is 1. The molecule has 2 aliphatic carbocycles. The minimum atomic E-state index is -0.560. The first kappa shape index (κ1) is 14.4. The largest absolute Gasteiger partial charge is 0.480 e. The molecule has 0 aromatic carbocycles. The summed E-state index contributed by atoms with van der Waals surface area (Å²) in [6.07, 6.45) is 11.3. The fourth-order valence-corrected chi connectivity index (χ4v) is 5.14. The standard InChI is InChI=1S/C17H29NO2/c1-2-12-5-3-7-14(10-9-12)18-11-13-6-4-8-15(13)16(18)17(19)20/h12-16H,2-11H2,1H3,(H,19,20). The molecule has 114 valence electrons. The average Bonchev–Trinajstić information content (AvgIpc) is 2.91. The first-order valence-electron chi connectivity index (χ1n) is 8.69. The van der Waals surface area contributed by atoms with E-state index in [1.807, 2.05) is 0 Å². The highest BCUT2D eigenvalue weighted by Gasteiger charge is 2.49. The van der Waals surface area contributed by atoms with Gasteiger partial charge >= 0.3 is 5.97 Å². The molecule has 1 heterocycles. The number of carbonyl (C=O) groups is 1. The number of hydrogen-bond donors (Lipinski definition) is 1. The van der Waals surface area contributed by atoms with Gasteiger partial charge in [0.25, 0.3) is 0 Å². The van der Waals surface area contributed by atoms with Gasteiger partial charge in [-0.05, 0) is 49.9 Å². The van der Waals surface area contributed by atoms with Crippen molar-refractivity contribution in [3.63, 3.8) is 0 Å². The minimum absolute atomic E-state index is 0.175. The molecular formula is C17H29NO2. The molecule has 3 aliphatic rings. The van der Waals surface area contributed by atoms with E-state index in [2.05, 4.69) is 11.8 Å². The Morgan fingerprint density at radius 2 is 1.90 bits per heavy atom. The van der Waals surface area contributed by atoms with Crippen LogP contribution in [0.2, 0.25) is 0 Å². The van der Waals surface area contributed by atoms with Crippen LogP contribution in [-0.4, -0.2) is 34.6 Å². The Morgan fingerprint density at radius 3 is 2.65 bits per heavy atom. The maximum Gasteiger partial charge on any atom is 0.321 e. The molecule has 3 rings (SSSR count). The highest BCUT2D eigenvalue weighted by Crippen LogP contribution is 2.44. The molecule has 3 nitrogen and oxygen atoms in total. The number of hydrogen-bond acceptors (Lipinski definition) is 2. The molecular weight excluding hydrogens is 250 g/mol. The summed E-state index contributed by atoms with van der Waals surface area (Å²) in [5.74, 6) is 1.43. The summed E-state index contributed by atoms with van der Waals surface area (Å²) < 4.78 is 0. The monoisotopic (exact) mass is 279 g/mol. The normalized spacial score (nSPS) is 42.4. The van der Waals surface area contributed by atoms with E-state index in [1.54, 1.807) is 0 Å². The fourth-order valence-electron chi connectivity index (χ4n) is 5.14. The molecule has 0 bridgehead atoms. The summed E-state index contributed by atoms with van der Waals surface area (Å²) in [6.45, 7) is 3.36. The summed E-state index contributed by atoms with van der Waals surface area (Å²) >= 11 is 0. The molecule has 5 unspecified atom stereocenters. The van der Waals surface area contributed by atoms with Crippen molar-refractivity contribution in [2.45, 2.75) is 76.8 Å². The summed E-state index contributed by atoms with van der Waals surface area (Å²) in [5.41, 5.74) is 0. The molecule has 1 aliphatic heterocycles. The van der Waals surface area contributed by atoms with Crippen molar-refractivity contribution in [3.05, 3.63) is 0 Å². The summed E-state index contributed by atoms with van der Waals surface area (Å²) in [7, 11) is 0. The molecule has 0 amide bonds. The number of rotatable bonds is 3. The Labute approximate surface area is 122 Å². The highest BCUT2D eigenvalue weighted by molar-refractivity contribution is 5.74. The maximum absolute atomic E-state index is 11.8. The van der Waals surface area contributed by atoms with Crippen molar-refractivity contribution in [2.24, 2.45) is 17.8 Å². The van der Waals surface area contributed by atoms with E-state index in [0.29, 0.717) is 17.9 Å². The smallest absolute Gasteiger partial charge is 0.321 e. The second kappa shape index (κ2) is 6.05. The van der Waals surface area contributed by atoms with Crippen LogP contribution in [0.25, 0.3) is 0 Å². The molecule has 0 radical (unpaired) electrons. The first-order valence-corrected chi connectivity index (χ1v) is 8.69. The lowest BCUT2D eigenvalue weighted by Crippen LogP contribution is -2.45. The van der Waals surface area contributed by atoms with E-state index >= 15 is 0 Å².